The Hall–Kier alpha value is -2.13. The van der Waals surface area contributed by atoms with E-state index in [1.165, 1.54) is 28.7 Å². The molecule has 5 rings (SSSR count). The molecule has 0 bridgehead atoms. The SMILES string of the molecule is C1CCOC1.Cc1c(CN2CCNC2=O)sc2c1c(=O)n(C1(C)CC1)c(=O)n2C. The summed E-state index contributed by atoms with van der Waals surface area (Å²) in [4.78, 5) is 40.8. The van der Waals surface area contributed by atoms with E-state index in [9.17, 15) is 14.4 Å². The van der Waals surface area contributed by atoms with E-state index >= 15 is 0 Å². The second kappa shape index (κ2) is 7.60. The van der Waals surface area contributed by atoms with Crippen LogP contribution in [0.1, 0.15) is 43.0 Å². The number of hydrogen-bond donors (Lipinski definition) is 1. The molecule has 9 heteroatoms. The van der Waals surface area contributed by atoms with Gasteiger partial charge in [0, 0.05) is 38.2 Å². The Labute approximate surface area is 173 Å². The Morgan fingerprint density at radius 3 is 2.38 bits per heavy atom. The van der Waals surface area contributed by atoms with Crippen molar-refractivity contribution < 1.29 is 9.53 Å². The molecule has 2 aromatic heterocycles. The number of urea groups is 1. The van der Waals surface area contributed by atoms with Gasteiger partial charge in [-0.15, -0.1) is 11.3 Å². The fraction of sp³-hybridized carbons (Fsp3) is 0.650. The van der Waals surface area contributed by atoms with Gasteiger partial charge in [-0.3, -0.25) is 13.9 Å². The van der Waals surface area contributed by atoms with Crippen LogP contribution in [-0.2, 0) is 23.9 Å². The van der Waals surface area contributed by atoms with Crippen LogP contribution in [0.5, 0.6) is 0 Å². The number of aryl methyl sites for hydroxylation is 2. The number of aromatic nitrogens is 2. The number of nitrogens with one attached hydrogen (secondary N) is 1. The summed E-state index contributed by atoms with van der Waals surface area (Å²) in [6, 6.07) is -0.0800. The van der Waals surface area contributed by atoms with Gasteiger partial charge in [0.1, 0.15) is 4.83 Å². The Morgan fingerprint density at radius 1 is 1.17 bits per heavy atom. The van der Waals surface area contributed by atoms with Crippen LogP contribution in [0.3, 0.4) is 0 Å². The second-order valence-corrected chi connectivity index (χ2v) is 9.37. The van der Waals surface area contributed by atoms with Gasteiger partial charge in [-0.05, 0) is 45.1 Å². The van der Waals surface area contributed by atoms with Crippen molar-refractivity contribution in [2.45, 2.75) is 51.6 Å². The maximum absolute atomic E-state index is 13.0. The van der Waals surface area contributed by atoms with Gasteiger partial charge in [-0.1, -0.05) is 0 Å². The topological polar surface area (TPSA) is 85.6 Å². The second-order valence-electron chi connectivity index (χ2n) is 8.28. The molecule has 0 unspecified atom stereocenters. The van der Waals surface area contributed by atoms with Gasteiger partial charge in [0.25, 0.3) is 5.56 Å². The van der Waals surface area contributed by atoms with Gasteiger partial charge in [-0.25, -0.2) is 9.59 Å². The minimum Gasteiger partial charge on any atom is -0.381 e. The third-order valence-corrected chi connectivity index (χ3v) is 7.40. The average Bonchev–Trinajstić information content (AvgIpc) is 3.11. The van der Waals surface area contributed by atoms with Crippen LogP contribution in [-0.4, -0.2) is 46.4 Å². The van der Waals surface area contributed by atoms with E-state index in [2.05, 4.69) is 5.32 Å². The number of fused-ring (bicyclic) bond motifs is 1. The first-order chi connectivity index (χ1) is 13.8. The summed E-state index contributed by atoms with van der Waals surface area (Å²) >= 11 is 1.44. The lowest BCUT2D eigenvalue weighted by Gasteiger charge is -2.14. The van der Waals surface area contributed by atoms with E-state index in [0.29, 0.717) is 29.9 Å². The molecule has 0 spiro atoms. The van der Waals surface area contributed by atoms with Crippen LogP contribution in [0.25, 0.3) is 10.2 Å². The summed E-state index contributed by atoms with van der Waals surface area (Å²) < 4.78 is 7.94. The first-order valence-electron chi connectivity index (χ1n) is 10.2. The van der Waals surface area contributed by atoms with Crippen molar-refractivity contribution in [3.05, 3.63) is 31.3 Å². The van der Waals surface area contributed by atoms with Gasteiger partial charge in [0.2, 0.25) is 0 Å². The number of rotatable bonds is 3. The molecule has 1 aliphatic carbocycles. The van der Waals surface area contributed by atoms with E-state index in [1.807, 2.05) is 13.8 Å². The lowest BCUT2D eigenvalue weighted by Crippen LogP contribution is -2.43. The molecule has 3 fully saturated rings. The molecule has 0 atom stereocenters. The number of thiophene rings is 1. The summed E-state index contributed by atoms with van der Waals surface area (Å²) in [6.45, 7) is 7.65. The summed E-state index contributed by atoms with van der Waals surface area (Å²) in [5.41, 5.74) is 0.0928. The van der Waals surface area contributed by atoms with E-state index in [0.717, 1.165) is 36.5 Å². The minimum atomic E-state index is -0.344. The summed E-state index contributed by atoms with van der Waals surface area (Å²) in [5, 5.41) is 3.40. The molecular formula is C20H28N4O4S. The van der Waals surface area contributed by atoms with Gasteiger partial charge < -0.3 is 15.0 Å². The lowest BCUT2D eigenvalue weighted by molar-refractivity contribution is 0.198. The van der Waals surface area contributed by atoms with Gasteiger partial charge in [-0.2, -0.15) is 0 Å². The number of ether oxygens (including phenoxy) is 1. The maximum Gasteiger partial charge on any atom is 0.332 e. The molecule has 29 heavy (non-hydrogen) atoms. The van der Waals surface area contributed by atoms with Crippen LogP contribution in [0, 0.1) is 6.92 Å². The smallest absolute Gasteiger partial charge is 0.332 e. The number of amides is 2. The lowest BCUT2D eigenvalue weighted by atomic mass is 10.2. The highest BCUT2D eigenvalue weighted by atomic mass is 32.1. The largest absolute Gasteiger partial charge is 0.381 e. The van der Waals surface area contributed by atoms with Crippen LogP contribution < -0.4 is 16.6 Å². The molecule has 2 amide bonds. The molecule has 2 saturated heterocycles. The molecule has 3 aliphatic rings. The molecule has 8 nitrogen and oxygen atoms in total. The quantitative estimate of drug-likeness (QED) is 0.822. The molecule has 158 valence electrons. The van der Waals surface area contributed by atoms with Crippen LogP contribution in [0.4, 0.5) is 4.79 Å². The molecule has 1 N–H and O–H groups in total. The third kappa shape index (κ3) is 3.61. The molecule has 2 aliphatic heterocycles. The number of hydrogen-bond acceptors (Lipinski definition) is 5. The molecule has 0 radical (unpaired) electrons. The maximum atomic E-state index is 13.0. The molecule has 1 saturated carbocycles. The van der Waals surface area contributed by atoms with E-state index in [1.54, 1.807) is 16.5 Å². The molecular weight excluding hydrogens is 392 g/mol. The zero-order valence-electron chi connectivity index (χ0n) is 17.2. The van der Waals surface area contributed by atoms with Crippen LogP contribution in [0.2, 0.25) is 0 Å². The predicted molar refractivity (Wildman–Crippen MR) is 113 cm³/mol. The Balaban J connectivity index is 0.000000359. The Morgan fingerprint density at radius 2 is 1.86 bits per heavy atom. The summed E-state index contributed by atoms with van der Waals surface area (Å²) in [6.07, 6.45) is 4.27. The first-order valence-corrected chi connectivity index (χ1v) is 11.0. The van der Waals surface area contributed by atoms with Crippen molar-refractivity contribution in [3.8, 4) is 0 Å². The van der Waals surface area contributed by atoms with E-state index in [4.69, 9.17) is 4.74 Å². The third-order valence-electron chi connectivity index (χ3n) is 6.05. The van der Waals surface area contributed by atoms with Crippen molar-refractivity contribution in [3.63, 3.8) is 0 Å². The first kappa shape index (κ1) is 20.2. The van der Waals surface area contributed by atoms with Gasteiger partial charge in [0.05, 0.1) is 17.5 Å². The monoisotopic (exact) mass is 420 g/mol. The van der Waals surface area contributed by atoms with Gasteiger partial charge >= 0.3 is 11.7 Å². The zero-order valence-corrected chi connectivity index (χ0v) is 18.1. The molecule has 0 aromatic carbocycles. The van der Waals surface area contributed by atoms with Gasteiger partial charge in [0.15, 0.2) is 0 Å². The number of carbonyl (C=O) groups is 1. The molecule has 2 aromatic rings. The van der Waals surface area contributed by atoms with Crippen LogP contribution >= 0.6 is 11.3 Å². The van der Waals surface area contributed by atoms with Crippen molar-refractivity contribution in [1.82, 2.24) is 19.4 Å². The summed E-state index contributed by atoms with van der Waals surface area (Å²) in [5.74, 6) is 0. The average molecular weight is 421 g/mol. The highest BCUT2D eigenvalue weighted by Crippen LogP contribution is 2.41. The summed E-state index contributed by atoms with van der Waals surface area (Å²) in [7, 11) is 1.72. The fourth-order valence-corrected chi connectivity index (χ4v) is 5.11. The minimum absolute atomic E-state index is 0.0800. The van der Waals surface area contributed by atoms with Crippen molar-refractivity contribution in [2.75, 3.05) is 26.3 Å². The number of nitrogens with zero attached hydrogens (tertiary/aromatic N) is 3. The Bertz CT molecular complexity index is 1050. The van der Waals surface area contributed by atoms with Crippen molar-refractivity contribution in [1.29, 1.82) is 0 Å². The van der Waals surface area contributed by atoms with E-state index < -0.39 is 0 Å². The Kier molecular flexibility index (Phi) is 5.29. The van der Waals surface area contributed by atoms with Crippen LogP contribution in [0.15, 0.2) is 9.59 Å². The van der Waals surface area contributed by atoms with Crippen molar-refractivity contribution >= 4 is 27.6 Å². The zero-order chi connectivity index (χ0) is 20.8. The van der Waals surface area contributed by atoms with Crippen molar-refractivity contribution in [2.24, 2.45) is 7.05 Å². The molecule has 4 heterocycles. The highest BCUT2D eigenvalue weighted by molar-refractivity contribution is 7.18. The highest BCUT2D eigenvalue weighted by Gasteiger charge is 2.42. The predicted octanol–water partition coefficient (Wildman–Crippen LogP) is 1.90. The van der Waals surface area contributed by atoms with E-state index in [-0.39, 0.29) is 22.8 Å². The fourth-order valence-electron chi connectivity index (χ4n) is 3.84. The number of carbonyl (C=O) groups excluding carboxylic acids is 1. The standard InChI is InChI=1S/C16H20N4O3S.C4H8O/c1-9-10(8-19-7-6-17-14(19)22)24-13-11(9)12(21)20(15(23)18(13)3)16(2)4-5-16;1-2-4-5-3-1/h4-8H2,1-3H3,(H,17,22);1-4H2. The normalized spacial score (nSPS) is 20.0.